The summed E-state index contributed by atoms with van der Waals surface area (Å²) in [6.45, 7) is 1.56. The first-order valence-corrected chi connectivity index (χ1v) is 9.83. The lowest BCUT2D eigenvalue weighted by Gasteiger charge is -2.23. The zero-order valence-electron chi connectivity index (χ0n) is 12.4. The first kappa shape index (κ1) is 19.7. The van der Waals surface area contributed by atoms with Crippen LogP contribution in [0.3, 0.4) is 0 Å². The summed E-state index contributed by atoms with van der Waals surface area (Å²) in [7, 11) is -2.37. The second-order valence-electron chi connectivity index (χ2n) is 4.79. The zero-order valence-corrected chi connectivity index (χ0v) is 15.0. The van der Waals surface area contributed by atoms with Gasteiger partial charge in [0.1, 0.15) is 5.78 Å². The van der Waals surface area contributed by atoms with E-state index in [1.807, 2.05) is 11.9 Å². The third-order valence-electron chi connectivity index (χ3n) is 2.89. The summed E-state index contributed by atoms with van der Waals surface area (Å²) in [6.07, 6.45) is 0. The van der Waals surface area contributed by atoms with Crippen molar-refractivity contribution in [3.8, 4) is 5.75 Å². The molecule has 0 aromatic heterocycles. The lowest BCUT2D eigenvalue weighted by Crippen LogP contribution is -2.38. The molecule has 3 N–H and O–H groups in total. The van der Waals surface area contributed by atoms with E-state index in [4.69, 9.17) is 14.7 Å². The van der Waals surface area contributed by atoms with Crippen molar-refractivity contribution in [2.24, 2.45) is 0 Å². The van der Waals surface area contributed by atoms with E-state index < -0.39 is 8.17 Å². The molecule has 6 nitrogen and oxygen atoms in total. The SMILES string of the molecule is CC(=O)[C@H](CS)N(C)CSCc1ccc(O[P+](O)(O)O)cc1. The maximum atomic E-state index is 11.4. The second kappa shape index (κ2) is 9.08. The Bertz CT molecular complexity index is 480. The first-order valence-electron chi connectivity index (χ1n) is 6.48. The van der Waals surface area contributed by atoms with Gasteiger partial charge in [0.05, 0.1) is 6.04 Å². The molecule has 0 aliphatic rings. The molecular formula is C13H21NO5PS2+. The van der Waals surface area contributed by atoms with Crippen LogP contribution in [0.5, 0.6) is 5.75 Å². The summed E-state index contributed by atoms with van der Waals surface area (Å²) in [4.78, 5) is 39.8. The number of nitrogens with zero attached hydrogens (tertiary/aromatic N) is 1. The monoisotopic (exact) mass is 366 g/mol. The number of benzene rings is 1. The van der Waals surface area contributed by atoms with Crippen LogP contribution in [0.2, 0.25) is 0 Å². The van der Waals surface area contributed by atoms with Crippen LogP contribution in [-0.2, 0) is 10.5 Å². The van der Waals surface area contributed by atoms with Gasteiger partial charge in [-0.05, 0) is 31.7 Å². The molecule has 1 atom stereocenters. The highest BCUT2D eigenvalue weighted by atomic mass is 32.2. The molecule has 0 heterocycles. The molecule has 0 bridgehead atoms. The van der Waals surface area contributed by atoms with Gasteiger partial charge >= 0.3 is 8.17 Å². The molecule has 1 rings (SSSR count). The fraction of sp³-hybridized carbons (Fsp3) is 0.462. The van der Waals surface area contributed by atoms with Crippen LogP contribution < -0.4 is 4.52 Å². The highest BCUT2D eigenvalue weighted by Gasteiger charge is 2.34. The topological polar surface area (TPSA) is 90.2 Å². The first-order chi connectivity index (χ1) is 10.2. The molecule has 0 aliphatic heterocycles. The van der Waals surface area contributed by atoms with Crippen molar-refractivity contribution in [1.82, 2.24) is 4.90 Å². The number of carbonyl (C=O) groups excluding carboxylic acids is 1. The number of hydrogen-bond acceptors (Lipinski definition) is 8. The number of rotatable bonds is 9. The van der Waals surface area contributed by atoms with Crippen molar-refractivity contribution in [1.29, 1.82) is 0 Å². The molecular weight excluding hydrogens is 345 g/mol. The molecule has 124 valence electrons. The Morgan fingerprint density at radius 2 is 1.95 bits per heavy atom. The van der Waals surface area contributed by atoms with Gasteiger partial charge in [-0.15, -0.1) is 11.8 Å². The van der Waals surface area contributed by atoms with Crippen LogP contribution in [0, 0.1) is 0 Å². The van der Waals surface area contributed by atoms with Gasteiger partial charge in [0.15, 0.2) is 5.75 Å². The van der Waals surface area contributed by atoms with Crippen LogP contribution in [-0.4, -0.2) is 50.1 Å². The maximum Gasteiger partial charge on any atom is 0.613 e. The number of hydrogen-bond donors (Lipinski definition) is 4. The van der Waals surface area contributed by atoms with Gasteiger partial charge in [-0.2, -0.15) is 27.3 Å². The van der Waals surface area contributed by atoms with Gasteiger partial charge in [0, 0.05) is 17.4 Å². The van der Waals surface area contributed by atoms with E-state index in [2.05, 4.69) is 17.2 Å². The third-order valence-corrected chi connectivity index (χ3v) is 4.82. The molecule has 0 spiro atoms. The summed E-state index contributed by atoms with van der Waals surface area (Å²) in [5, 5.41) is 0. The van der Waals surface area contributed by atoms with Crippen LogP contribution in [0.4, 0.5) is 0 Å². The molecule has 0 saturated heterocycles. The Hall–Kier alpha value is -0.340. The van der Waals surface area contributed by atoms with Gasteiger partial charge in [0.2, 0.25) is 0 Å². The molecule has 0 saturated carbocycles. The number of ketones is 1. The quantitative estimate of drug-likeness (QED) is 0.301. The van der Waals surface area contributed by atoms with Gasteiger partial charge in [-0.25, -0.2) is 0 Å². The van der Waals surface area contributed by atoms with Crippen molar-refractivity contribution in [3.63, 3.8) is 0 Å². The fourth-order valence-corrected chi connectivity index (χ4v) is 3.69. The van der Waals surface area contributed by atoms with E-state index in [0.29, 0.717) is 11.6 Å². The van der Waals surface area contributed by atoms with Crippen LogP contribution >= 0.6 is 32.6 Å². The Labute approximate surface area is 140 Å². The largest absolute Gasteiger partial charge is 0.613 e. The standard InChI is InChI=1S/C13H20NO5PS2/c1-10(15)13(7-21)14(2)9-22-8-11-3-5-12(6-4-11)19-20(16,17)18/h3-6,13,16-18H,7-9H2,1-2H3/p+1/t13-/m0/s1. The summed E-state index contributed by atoms with van der Waals surface area (Å²) in [5.41, 5.74) is 1.02. The lowest BCUT2D eigenvalue weighted by molar-refractivity contribution is -0.120. The highest BCUT2D eigenvalue weighted by molar-refractivity contribution is 7.98. The van der Waals surface area contributed by atoms with E-state index in [-0.39, 0.29) is 17.6 Å². The number of thioether (sulfide) groups is 1. The minimum Gasteiger partial charge on any atom is -0.298 e. The fourth-order valence-electron chi connectivity index (χ4n) is 1.76. The normalized spacial score (nSPS) is 13.2. The summed E-state index contributed by atoms with van der Waals surface area (Å²) < 4.78 is 4.59. The van der Waals surface area contributed by atoms with Crippen LogP contribution in [0.25, 0.3) is 0 Å². The van der Waals surface area contributed by atoms with Gasteiger partial charge in [0.25, 0.3) is 0 Å². The van der Waals surface area contributed by atoms with Crippen molar-refractivity contribution < 1.29 is 24.0 Å². The summed E-state index contributed by atoms with van der Waals surface area (Å²) in [6, 6.07) is 6.49. The third kappa shape index (κ3) is 7.28. The predicted molar refractivity (Wildman–Crippen MR) is 92.9 cm³/mol. The van der Waals surface area contributed by atoms with E-state index in [9.17, 15) is 4.79 Å². The summed E-state index contributed by atoms with van der Waals surface area (Å²) in [5.74, 6) is 2.22. The van der Waals surface area contributed by atoms with E-state index in [1.54, 1.807) is 43.0 Å². The van der Waals surface area contributed by atoms with Crippen molar-refractivity contribution in [2.45, 2.75) is 18.7 Å². The molecule has 0 fully saturated rings. The number of likely N-dealkylation sites (N-methyl/N-ethyl adjacent to an activating group) is 1. The Balaban J connectivity index is 2.44. The summed E-state index contributed by atoms with van der Waals surface area (Å²) >= 11 is 5.84. The molecule has 0 radical (unpaired) electrons. The molecule has 0 aliphatic carbocycles. The highest BCUT2D eigenvalue weighted by Crippen LogP contribution is 2.45. The molecule has 9 heteroatoms. The van der Waals surface area contributed by atoms with Gasteiger partial charge in [-0.1, -0.05) is 12.1 Å². The van der Waals surface area contributed by atoms with Crippen molar-refractivity contribution >= 4 is 38.3 Å². The van der Waals surface area contributed by atoms with Gasteiger partial charge in [-0.3, -0.25) is 14.2 Å². The minimum absolute atomic E-state index is 0.100. The molecule has 0 unspecified atom stereocenters. The average Bonchev–Trinajstić information content (AvgIpc) is 2.39. The number of Topliss-reactive ketones (excluding diaryl/α,β-unsaturated/α-hetero) is 1. The Kier molecular flexibility index (Phi) is 8.13. The van der Waals surface area contributed by atoms with E-state index in [1.165, 1.54) is 0 Å². The van der Waals surface area contributed by atoms with E-state index in [0.717, 1.165) is 11.3 Å². The van der Waals surface area contributed by atoms with E-state index >= 15 is 0 Å². The van der Waals surface area contributed by atoms with Crippen molar-refractivity contribution in [2.75, 3.05) is 18.7 Å². The Morgan fingerprint density at radius 3 is 2.41 bits per heavy atom. The number of carbonyl (C=O) groups is 1. The minimum atomic E-state index is -4.26. The predicted octanol–water partition coefficient (Wildman–Crippen LogP) is 1.73. The molecule has 1 aromatic rings. The smallest absolute Gasteiger partial charge is 0.298 e. The molecule has 1 aromatic carbocycles. The number of thiol groups is 1. The molecule has 22 heavy (non-hydrogen) atoms. The van der Waals surface area contributed by atoms with Gasteiger partial charge < -0.3 is 0 Å². The Morgan fingerprint density at radius 1 is 1.36 bits per heavy atom. The second-order valence-corrected chi connectivity index (χ2v) is 7.32. The molecule has 0 amide bonds. The van der Waals surface area contributed by atoms with Crippen LogP contribution in [0.1, 0.15) is 12.5 Å². The zero-order chi connectivity index (χ0) is 16.8. The maximum absolute atomic E-state index is 11.4. The van der Waals surface area contributed by atoms with Crippen LogP contribution in [0.15, 0.2) is 24.3 Å². The van der Waals surface area contributed by atoms with Crippen molar-refractivity contribution in [3.05, 3.63) is 29.8 Å². The lowest BCUT2D eigenvalue weighted by atomic mass is 10.2. The average molecular weight is 366 g/mol.